The zero-order valence-electron chi connectivity index (χ0n) is 5.93. The highest BCUT2D eigenvalue weighted by molar-refractivity contribution is 4.90. The van der Waals surface area contributed by atoms with Crippen molar-refractivity contribution in [3.8, 4) is 0 Å². The second-order valence-electron chi connectivity index (χ2n) is 2.49. The van der Waals surface area contributed by atoms with E-state index < -0.39 is 0 Å². The summed E-state index contributed by atoms with van der Waals surface area (Å²) >= 11 is 0. The van der Waals surface area contributed by atoms with Gasteiger partial charge in [-0.05, 0) is 7.05 Å². The molecule has 0 spiro atoms. The average molecular weight is 126 g/mol. The molecule has 0 unspecified atom stereocenters. The van der Waals surface area contributed by atoms with Crippen molar-refractivity contribution in [1.82, 2.24) is 10.2 Å². The maximum absolute atomic E-state index is 3.75. The topological polar surface area (TPSA) is 15.3 Å². The zero-order valence-corrected chi connectivity index (χ0v) is 5.93. The van der Waals surface area contributed by atoms with Gasteiger partial charge in [0.2, 0.25) is 0 Å². The summed E-state index contributed by atoms with van der Waals surface area (Å²) in [5.74, 6) is 0. The van der Waals surface area contributed by atoms with Gasteiger partial charge in [0, 0.05) is 25.7 Å². The lowest BCUT2D eigenvalue weighted by molar-refractivity contribution is 0.237. The van der Waals surface area contributed by atoms with Crippen molar-refractivity contribution in [2.75, 3.05) is 26.7 Å². The Balaban J connectivity index is 2.38. The first kappa shape index (κ1) is 6.78. The molecule has 0 aliphatic carbocycles. The molecule has 1 aliphatic heterocycles. The standard InChI is InChI=1S/C7H14N2/c1-3-7-6-8-4-5-9(7)2/h3,7-8H,1,4-6H2,2H3/t7-/m0/s1. The molecule has 9 heavy (non-hydrogen) atoms. The summed E-state index contributed by atoms with van der Waals surface area (Å²) in [6.07, 6.45) is 1.99. The highest BCUT2D eigenvalue weighted by Gasteiger charge is 2.13. The van der Waals surface area contributed by atoms with Crippen molar-refractivity contribution in [3.63, 3.8) is 0 Å². The van der Waals surface area contributed by atoms with Crippen LogP contribution in [0.3, 0.4) is 0 Å². The van der Waals surface area contributed by atoms with Gasteiger partial charge in [-0.25, -0.2) is 0 Å². The summed E-state index contributed by atoms with van der Waals surface area (Å²) in [7, 11) is 2.13. The number of hydrogen-bond acceptors (Lipinski definition) is 2. The Morgan fingerprint density at radius 3 is 3.00 bits per heavy atom. The highest BCUT2D eigenvalue weighted by Crippen LogP contribution is 1.98. The molecule has 2 nitrogen and oxygen atoms in total. The van der Waals surface area contributed by atoms with Gasteiger partial charge in [-0.3, -0.25) is 4.90 Å². The maximum atomic E-state index is 3.75. The van der Waals surface area contributed by atoms with E-state index in [1.807, 2.05) is 6.08 Å². The molecule has 1 aliphatic rings. The van der Waals surface area contributed by atoms with Crippen LogP contribution < -0.4 is 5.32 Å². The van der Waals surface area contributed by atoms with E-state index in [-0.39, 0.29) is 0 Å². The highest BCUT2D eigenvalue weighted by atomic mass is 15.2. The minimum absolute atomic E-state index is 0.541. The molecule has 0 bridgehead atoms. The number of likely N-dealkylation sites (N-methyl/N-ethyl adjacent to an activating group) is 1. The van der Waals surface area contributed by atoms with Crippen LogP contribution in [0, 0.1) is 0 Å². The summed E-state index contributed by atoms with van der Waals surface area (Å²) in [6, 6.07) is 0.541. The SMILES string of the molecule is C=C[C@H]1CNCCN1C. The van der Waals surface area contributed by atoms with Crippen LogP contribution in [0.2, 0.25) is 0 Å². The molecule has 1 heterocycles. The lowest BCUT2D eigenvalue weighted by Crippen LogP contribution is -2.48. The maximum Gasteiger partial charge on any atom is 0.0398 e. The fourth-order valence-electron chi connectivity index (χ4n) is 1.09. The minimum atomic E-state index is 0.541. The number of piperazine rings is 1. The molecule has 1 rings (SSSR count). The largest absolute Gasteiger partial charge is 0.314 e. The van der Waals surface area contributed by atoms with Crippen molar-refractivity contribution in [2.45, 2.75) is 6.04 Å². The number of nitrogens with one attached hydrogen (secondary N) is 1. The Morgan fingerprint density at radius 1 is 1.78 bits per heavy atom. The summed E-state index contributed by atoms with van der Waals surface area (Å²) in [4.78, 5) is 2.31. The first-order valence-corrected chi connectivity index (χ1v) is 3.38. The van der Waals surface area contributed by atoms with Crippen LogP contribution in [0.25, 0.3) is 0 Å². The Hall–Kier alpha value is -0.340. The van der Waals surface area contributed by atoms with Gasteiger partial charge in [-0.2, -0.15) is 0 Å². The van der Waals surface area contributed by atoms with Gasteiger partial charge in [0.05, 0.1) is 0 Å². The number of nitrogens with zero attached hydrogens (tertiary/aromatic N) is 1. The second-order valence-corrected chi connectivity index (χ2v) is 2.49. The van der Waals surface area contributed by atoms with Crippen LogP contribution in [-0.2, 0) is 0 Å². The molecular formula is C7H14N2. The fourth-order valence-corrected chi connectivity index (χ4v) is 1.09. The first-order valence-electron chi connectivity index (χ1n) is 3.38. The van der Waals surface area contributed by atoms with Crippen LogP contribution >= 0.6 is 0 Å². The molecule has 2 heteroatoms. The van der Waals surface area contributed by atoms with Crippen molar-refractivity contribution in [1.29, 1.82) is 0 Å². The number of hydrogen-bond donors (Lipinski definition) is 1. The fraction of sp³-hybridized carbons (Fsp3) is 0.714. The van der Waals surface area contributed by atoms with Gasteiger partial charge in [0.15, 0.2) is 0 Å². The molecule has 0 amide bonds. The Kier molecular flexibility index (Phi) is 2.25. The lowest BCUT2D eigenvalue weighted by Gasteiger charge is -2.30. The average Bonchev–Trinajstić information content (AvgIpc) is 1.89. The summed E-state index contributed by atoms with van der Waals surface area (Å²) in [5, 5.41) is 3.30. The lowest BCUT2D eigenvalue weighted by atomic mass is 10.2. The van der Waals surface area contributed by atoms with Gasteiger partial charge in [0.25, 0.3) is 0 Å². The van der Waals surface area contributed by atoms with Gasteiger partial charge < -0.3 is 5.32 Å². The van der Waals surface area contributed by atoms with Gasteiger partial charge in [0.1, 0.15) is 0 Å². The number of rotatable bonds is 1. The minimum Gasteiger partial charge on any atom is -0.314 e. The molecule has 0 aromatic carbocycles. The smallest absolute Gasteiger partial charge is 0.0398 e. The van der Waals surface area contributed by atoms with E-state index >= 15 is 0 Å². The normalized spacial score (nSPS) is 30.1. The molecule has 52 valence electrons. The van der Waals surface area contributed by atoms with Crippen LogP contribution in [0.4, 0.5) is 0 Å². The van der Waals surface area contributed by atoms with E-state index in [0.29, 0.717) is 6.04 Å². The van der Waals surface area contributed by atoms with E-state index in [2.05, 4.69) is 23.8 Å². The Bertz CT molecular complexity index is 101. The first-order chi connectivity index (χ1) is 4.34. The monoisotopic (exact) mass is 126 g/mol. The van der Waals surface area contributed by atoms with Crippen LogP contribution in [0.5, 0.6) is 0 Å². The predicted octanol–water partition coefficient (Wildman–Crippen LogP) is 0.0760. The third-order valence-electron chi connectivity index (χ3n) is 1.83. The van der Waals surface area contributed by atoms with Crippen LogP contribution in [0.15, 0.2) is 12.7 Å². The summed E-state index contributed by atoms with van der Waals surface area (Å²) < 4.78 is 0. The molecular weight excluding hydrogens is 112 g/mol. The molecule has 1 fully saturated rings. The van der Waals surface area contributed by atoms with E-state index in [1.165, 1.54) is 0 Å². The molecule has 0 saturated carbocycles. The molecule has 1 saturated heterocycles. The summed E-state index contributed by atoms with van der Waals surface area (Å²) in [6.45, 7) is 7.06. The Labute approximate surface area is 56.5 Å². The van der Waals surface area contributed by atoms with Crippen molar-refractivity contribution in [2.24, 2.45) is 0 Å². The van der Waals surface area contributed by atoms with Crippen LogP contribution in [-0.4, -0.2) is 37.6 Å². The van der Waals surface area contributed by atoms with Crippen molar-refractivity contribution >= 4 is 0 Å². The molecule has 0 aromatic rings. The quantitative estimate of drug-likeness (QED) is 0.500. The van der Waals surface area contributed by atoms with E-state index in [1.54, 1.807) is 0 Å². The van der Waals surface area contributed by atoms with E-state index in [4.69, 9.17) is 0 Å². The third kappa shape index (κ3) is 1.53. The molecule has 0 radical (unpaired) electrons. The second kappa shape index (κ2) is 2.99. The third-order valence-corrected chi connectivity index (χ3v) is 1.83. The molecule has 0 aromatic heterocycles. The van der Waals surface area contributed by atoms with Crippen molar-refractivity contribution in [3.05, 3.63) is 12.7 Å². The van der Waals surface area contributed by atoms with Gasteiger partial charge >= 0.3 is 0 Å². The summed E-state index contributed by atoms with van der Waals surface area (Å²) in [5.41, 5.74) is 0. The van der Waals surface area contributed by atoms with E-state index in [0.717, 1.165) is 19.6 Å². The Morgan fingerprint density at radius 2 is 2.56 bits per heavy atom. The molecule has 1 atom stereocenters. The van der Waals surface area contributed by atoms with Gasteiger partial charge in [-0.15, -0.1) is 6.58 Å². The zero-order chi connectivity index (χ0) is 6.69. The van der Waals surface area contributed by atoms with Gasteiger partial charge in [-0.1, -0.05) is 6.08 Å². The molecule has 1 N–H and O–H groups in total. The van der Waals surface area contributed by atoms with E-state index in [9.17, 15) is 0 Å². The van der Waals surface area contributed by atoms with Crippen LogP contribution in [0.1, 0.15) is 0 Å². The predicted molar refractivity (Wildman–Crippen MR) is 39.5 cm³/mol. The van der Waals surface area contributed by atoms with Crippen molar-refractivity contribution < 1.29 is 0 Å².